The Morgan fingerprint density at radius 1 is 1.53 bits per heavy atom. The number of hydrogen-bond acceptors (Lipinski definition) is 4. The molecule has 2 N–H and O–H groups in total. The average molecular weight is 265 g/mol. The smallest absolute Gasteiger partial charge is 0.326 e. The molecule has 1 aliphatic heterocycles. The number of aliphatic hydroxyl groups excluding tert-OH is 1. The number of carbonyl (C=O) groups excluding carboxylic acids is 1. The van der Waals surface area contributed by atoms with Gasteiger partial charge in [-0.2, -0.15) is 0 Å². The predicted octanol–water partition coefficient (Wildman–Crippen LogP) is 0.158. The molecule has 1 aliphatic rings. The minimum Gasteiger partial charge on any atom is -0.480 e. The van der Waals surface area contributed by atoms with Crippen molar-refractivity contribution in [3.05, 3.63) is 24.5 Å². The van der Waals surface area contributed by atoms with Crippen LogP contribution in [0.25, 0.3) is 0 Å². The zero-order chi connectivity index (χ0) is 14.0. The molecule has 7 nitrogen and oxygen atoms in total. The molecule has 0 aliphatic carbocycles. The molecule has 2 atom stereocenters. The Balaban J connectivity index is 2.17. The van der Waals surface area contributed by atoms with Gasteiger partial charge < -0.3 is 15.1 Å². The van der Waals surface area contributed by atoms with Crippen LogP contribution in [0.15, 0.2) is 24.5 Å². The fourth-order valence-corrected chi connectivity index (χ4v) is 2.11. The number of aliphatic hydroxyl groups is 1. The van der Waals surface area contributed by atoms with Gasteiger partial charge in [0.2, 0.25) is 0 Å². The number of nitrogens with zero attached hydrogens (tertiary/aromatic N) is 3. The minimum atomic E-state index is -1.11. The lowest BCUT2D eigenvalue weighted by Gasteiger charge is -2.27. The van der Waals surface area contributed by atoms with E-state index in [1.807, 2.05) is 0 Å². The first-order chi connectivity index (χ1) is 9.00. The first kappa shape index (κ1) is 13.3. The molecule has 1 aromatic heterocycles. The van der Waals surface area contributed by atoms with E-state index >= 15 is 0 Å². The summed E-state index contributed by atoms with van der Waals surface area (Å²) in [5.41, 5.74) is 0.568. The number of likely N-dealkylation sites (tertiary alicyclic amines) is 1. The van der Waals surface area contributed by atoms with Gasteiger partial charge in [-0.15, -0.1) is 0 Å². The number of β-amino-alcohol motifs (C(OH)–C–C–N with tert-alkyl or cyclic N) is 1. The highest BCUT2D eigenvalue weighted by molar-refractivity contribution is 5.94. The van der Waals surface area contributed by atoms with Crippen LogP contribution in [0.1, 0.15) is 6.42 Å². The SMILES string of the molecule is CN(C(=O)N1CC(O)CC1C(=O)O)c1cccnc1. The first-order valence-corrected chi connectivity index (χ1v) is 5.86. The van der Waals surface area contributed by atoms with Gasteiger partial charge in [0.05, 0.1) is 18.0 Å². The van der Waals surface area contributed by atoms with E-state index in [1.165, 1.54) is 16.0 Å². The lowest BCUT2D eigenvalue weighted by molar-refractivity contribution is -0.141. The van der Waals surface area contributed by atoms with Crippen LogP contribution in [0.5, 0.6) is 0 Å². The van der Waals surface area contributed by atoms with Crippen LogP contribution < -0.4 is 4.90 Å². The standard InChI is InChI=1S/C12H15N3O4/c1-14(8-3-2-4-13-6-8)12(19)15-7-9(16)5-10(15)11(17)18/h2-4,6,9-10,16H,5,7H2,1H3,(H,17,18). The monoisotopic (exact) mass is 265 g/mol. The first-order valence-electron chi connectivity index (χ1n) is 5.86. The van der Waals surface area contributed by atoms with Gasteiger partial charge in [0, 0.05) is 26.2 Å². The van der Waals surface area contributed by atoms with E-state index in [-0.39, 0.29) is 13.0 Å². The summed E-state index contributed by atoms with van der Waals surface area (Å²) >= 11 is 0. The number of pyridine rings is 1. The molecule has 0 saturated carbocycles. The van der Waals surface area contributed by atoms with Gasteiger partial charge in [0.1, 0.15) is 6.04 Å². The van der Waals surface area contributed by atoms with E-state index < -0.39 is 24.1 Å². The number of carbonyl (C=O) groups is 2. The fourth-order valence-electron chi connectivity index (χ4n) is 2.11. The molecule has 102 valence electrons. The van der Waals surface area contributed by atoms with Crippen molar-refractivity contribution in [2.24, 2.45) is 0 Å². The van der Waals surface area contributed by atoms with Crippen molar-refractivity contribution < 1.29 is 19.8 Å². The fraction of sp³-hybridized carbons (Fsp3) is 0.417. The maximum absolute atomic E-state index is 12.3. The maximum Gasteiger partial charge on any atom is 0.326 e. The number of urea groups is 1. The molecule has 2 heterocycles. The van der Waals surface area contributed by atoms with Gasteiger partial charge in [0.25, 0.3) is 0 Å². The Morgan fingerprint density at radius 3 is 2.84 bits per heavy atom. The van der Waals surface area contributed by atoms with Crippen LogP contribution >= 0.6 is 0 Å². The molecular weight excluding hydrogens is 250 g/mol. The average Bonchev–Trinajstić information content (AvgIpc) is 2.80. The summed E-state index contributed by atoms with van der Waals surface area (Å²) in [6.45, 7) is 0.0282. The van der Waals surface area contributed by atoms with Gasteiger partial charge in [-0.25, -0.2) is 9.59 Å². The molecule has 7 heteroatoms. The second-order valence-electron chi connectivity index (χ2n) is 4.45. The summed E-state index contributed by atoms with van der Waals surface area (Å²) in [6, 6.07) is 1.94. The number of hydrogen-bond donors (Lipinski definition) is 2. The third-order valence-corrected chi connectivity index (χ3v) is 3.13. The zero-order valence-corrected chi connectivity index (χ0v) is 10.4. The quantitative estimate of drug-likeness (QED) is 0.794. The molecule has 2 amide bonds. The van der Waals surface area contributed by atoms with Crippen LogP contribution in [0, 0.1) is 0 Å². The van der Waals surface area contributed by atoms with Crippen molar-refractivity contribution in [2.75, 3.05) is 18.5 Å². The Hall–Kier alpha value is -2.15. The zero-order valence-electron chi connectivity index (χ0n) is 10.4. The molecule has 19 heavy (non-hydrogen) atoms. The lowest BCUT2D eigenvalue weighted by atomic mass is 10.2. The second-order valence-corrected chi connectivity index (χ2v) is 4.45. The number of anilines is 1. The summed E-state index contributed by atoms with van der Waals surface area (Å²) in [6.07, 6.45) is 2.36. The van der Waals surface area contributed by atoms with E-state index in [4.69, 9.17) is 5.11 Å². The predicted molar refractivity (Wildman–Crippen MR) is 66.8 cm³/mol. The van der Waals surface area contributed by atoms with E-state index in [2.05, 4.69) is 4.98 Å². The van der Waals surface area contributed by atoms with Crippen molar-refractivity contribution in [1.82, 2.24) is 9.88 Å². The van der Waals surface area contributed by atoms with Crippen molar-refractivity contribution in [3.63, 3.8) is 0 Å². The molecule has 1 saturated heterocycles. The van der Waals surface area contributed by atoms with Crippen molar-refractivity contribution in [1.29, 1.82) is 0 Å². The molecule has 0 radical (unpaired) electrons. The normalized spacial score (nSPS) is 22.3. The Labute approximate surface area is 110 Å². The molecule has 0 spiro atoms. The Morgan fingerprint density at radius 2 is 2.26 bits per heavy atom. The minimum absolute atomic E-state index is 0.0282. The van der Waals surface area contributed by atoms with Crippen molar-refractivity contribution in [3.8, 4) is 0 Å². The molecule has 2 rings (SSSR count). The van der Waals surface area contributed by atoms with Gasteiger partial charge >= 0.3 is 12.0 Å². The Kier molecular flexibility index (Phi) is 3.66. The van der Waals surface area contributed by atoms with E-state index in [9.17, 15) is 14.7 Å². The number of aromatic nitrogens is 1. The summed E-state index contributed by atoms with van der Waals surface area (Å²) in [5.74, 6) is -1.11. The Bertz CT molecular complexity index is 479. The molecule has 1 fully saturated rings. The number of carboxylic acids is 1. The second kappa shape index (κ2) is 5.23. The topological polar surface area (TPSA) is 94.0 Å². The van der Waals surface area contributed by atoms with E-state index in [1.54, 1.807) is 25.4 Å². The summed E-state index contributed by atoms with van der Waals surface area (Å²) in [4.78, 5) is 29.7. The van der Waals surface area contributed by atoms with Gasteiger partial charge in [-0.1, -0.05) is 0 Å². The number of aliphatic carboxylic acids is 1. The number of amides is 2. The van der Waals surface area contributed by atoms with Crippen molar-refractivity contribution in [2.45, 2.75) is 18.6 Å². The molecule has 0 bridgehead atoms. The molecule has 1 aromatic rings. The maximum atomic E-state index is 12.3. The molecule has 2 unspecified atom stereocenters. The van der Waals surface area contributed by atoms with Gasteiger partial charge in [-0.3, -0.25) is 9.88 Å². The van der Waals surface area contributed by atoms with Crippen LogP contribution in [0.2, 0.25) is 0 Å². The van der Waals surface area contributed by atoms with Crippen LogP contribution in [-0.4, -0.2) is 57.8 Å². The van der Waals surface area contributed by atoms with Crippen LogP contribution in [-0.2, 0) is 4.79 Å². The number of carboxylic acid groups (broad SMARTS) is 1. The van der Waals surface area contributed by atoms with Gasteiger partial charge in [-0.05, 0) is 12.1 Å². The van der Waals surface area contributed by atoms with Crippen molar-refractivity contribution >= 4 is 17.7 Å². The van der Waals surface area contributed by atoms with E-state index in [0.29, 0.717) is 5.69 Å². The third-order valence-electron chi connectivity index (χ3n) is 3.13. The molecular formula is C12H15N3O4. The highest BCUT2D eigenvalue weighted by Gasteiger charge is 2.40. The lowest BCUT2D eigenvalue weighted by Crippen LogP contribution is -2.47. The van der Waals surface area contributed by atoms with Crippen LogP contribution in [0.4, 0.5) is 10.5 Å². The highest BCUT2D eigenvalue weighted by Crippen LogP contribution is 2.21. The summed E-state index contributed by atoms with van der Waals surface area (Å²) in [5, 5.41) is 18.6. The third kappa shape index (κ3) is 2.65. The largest absolute Gasteiger partial charge is 0.480 e. The summed E-state index contributed by atoms with van der Waals surface area (Å²) < 4.78 is 0. The van der Waals surface area contributed by atoms with E-state index in [0.717, 1.165) is 0 Å². The number of rotatable bonds is 2. The molecule has 0 aromatic carbocycles. The highest BCUT2D eigenvalue weighted by atomic mass is 16.4. The van der Waals surface area contributed by atoms with Crippen LogP contribution in [0.3, 0.4) is 0 Å². The van der Waals surface area contributed by atoms with Gasteiger partial charge in [0.15, 0.2) is 0 Å². The summed E-state index contributed by atoms with van der Waals surface area (Å²) in [7, 11) is 1.54.